The number of aromatic nitrogens is 1. The van der Waals surface area contributed by atoms with Gasteiger partial charge in [-0.3, -0.25) is 9.98 Å². The smallest absolute Gasteiger partial charge is 0.0882 e. The standard InChI is InChI=1S/C12H17N3/c1-9(2)10-4-5-12(15-8-10)11(14-3)6-7-13/h4-9H,13H2,1-3H3/b7-6-,14-11?. The van der Waals surface area contributed by atoms with Crippen LogP contribution < -0.4 is 5.73 Å². The van der Waals surface area contributed by atoms with Gasteiger partial charge in [-0.1, -0.05) is 19.9 Å². The molecule has 0 saturated carbocycles. The monoisotopic (exact) mass is 203 g/mol. The van der Waals surface area contributed by atoms with Crippen LogP contribution in [0.4, 0.5) is 0 Å². The predicted molar refractivity (Wildman–Crippen MR) is 64.1 cm³/mol. The third-order valence-electron chi connectivity index (χ3n) is 2.21. The van der Waals surface area contributed by atoms with Gasteiger partial charge in [0.25, 0.3) is 0 Å². The van der Waals surface area contributed by atoms with Crippen LogP contribution in [-0.2, 0) is 0 Å². The predicted octanol–water partition coefficient (Wildman–Crippen LogP) is 2.10. The molecule has 0 saturated heterocycles. The summed E-state index contributed by atoms with van der Waals surface area (Å²) in [5.41, 5.74) is 8.21. The van der Waals surface area contributed by atoms with E-state index < -0.39 is 0 Å². The SMILES string of the molecule is CN=C(/C=C\N)c1ccc(C(C)C)cn1. The van der Waals surface area contributed by atoms with Gasteiger partial charge in [0.1, 0.15) is 0 Å². The summed E-state index contributed by atoms with van der Waals surface area (Å²) in [4.78, 5) is 8.46. The second-order valence-electron chi connectivity index (χ2n) is 3.60. The quantitative estimate of drug-likeness (QED) is 0.765. The molecule has 0 amide bonds. The molecule has 0 aromatic carbocycles. The average molecular weight is 203 g/mol. The maximum atomic E-state index is 5.33. The van der Waals surface area contributed by atoms with E-state index in [0.29, 0.717) is 5.92 Å². The van der Waals surface area contributed by atoms with Crippen LogP contribution in [0.5, 0.6) is 0 Å². The number of allylic oxidation sites excluding steroid dienone is 1. The molecular formula is C12H17N3. The first-order valence-corrected chi connectivity index (χ1v) is 5.00. The van der Waals surface area contributed by atoms with E-state index in [1.807, 2.05) is 12.3 Å². The van der Waals surface area contributed by atoms with Crippen molar-refractivity contribution in [3.63, 3.8) is 0 Å². The molecule has 1 rings (SSSR count). The number of rotatable bonds is 3. The van der Waals surface area contributed by atoms with Crippen LogP contribution >= 0.6 is 0 Å². The molecule has 80 valence electrons. The van der Waals surface area contributed by atoms with Crippen molar-refractivity contribution in [2.75, 3.05) is 7.05 Å². The Hall–Kier alpha value is -1.64. The summed E-state index contributed by atoms with van der Waals surface area (Å²) in [6.07, 6.45) is 5.10. The van der Waals surface area contributed by atoms with Crippen molar-refractivity contribution in [2.24, 2.45) is 10.7 Å². The molecule has 2 N–H and O–H groups in total. The Morgan fingerprint density at radius 3 is 2.60 bits per heavy atom. The van der Waals surface area contributed by atoms with Crippen molar-refractivity contribution in [1.29, 1.82) is 0 Å². The van der Waals surface area contributed by atoms with Crippen molar-refractivity contribution in [3.05, 3.63) is 41.9 Å². The van der Waals surface area contributed by atoms with Gasteiger partial charge in [0.05, 0.1) is 11.4 Å². The molecule has 0 aliphatic carbocycles. The Kier molecular flexibility index (Phi) is 4.03. The lowest BCUT2D eigenvalue weighted by Crippen LogP contribution is -2.02. The maximum absolute atomic E-state index is 5.33. The minimum atomic E-state index is 0.499. The lowest BCUT2D eigenvalue weighted by atomic mass is 10.1. The highest BCUT2D eigenvalue weighted by Gasteiger charge is 2.02. The summed E-state index contributed by atoms with van der Waals surface area (Å²) in [5, 5.41) is 0. The fourth-order valence-corrected chi connectivity index (χ4v) is 1.26. The molecule has 1 aromatic heterocycles. The van der Waals surface area contributed by atoms with Crippen LogP contribution in [-0.4, -0.2) is 17.7 Å². The molecule has 0 aliphatic heterocycles. The van der Waals surface area contributed by atoms with E-state index in [1.165, 1.54) is 11.8 Å². The fraction of sp³-hybridized carbons (Fsp3) is 0.333. The highest BCUT2D eigenvalue weighted by molar-refractivity contribution is 6.07. The van der Waals surface area contributed by atoms with Gasteiger partial charge in [-0.2, -0.15) is 0 Å². The minimum Gasteiger partial charge on any atom is -0.405 e. The molecule has 0 fully saturated rings. The number of nitrogens with two attached hydrogens (primary N) is 1. The number of pyridine rings is 1. The first kappa shape index (κ1) is 11.4. The highest BCUT2D eigenvalue weighted by atomic mass is 14.8. The Morgan fingerprint density at radius 2 is 2.20 bits per heavy atom. The topological polar surface area (TPSA) is 51.3 Å². The van der Waals surface area contributed by atoms with Crippen LogP contribution in [0.2, 0.25) is 0 Å². The van der Waals surface area contributed by atoms with E-state index in [-0.39, 0.29) is 0 Å². The van der Waals surface area contributed by atoms with Crippen molar-refractivity contribution in [2.45, 2.75) is 19.8 Å². The Morgan fingerprint density at radius 1 is 1.47 bits per heavy atom. The summed E-state index contributed by atoms with van der Waals surface area (Å²) in [5.74, 6) is 0.499. The largest absolute Gasteiger partial charge is 0.405 e. The molecule has 3 heteroatoms. The van der Waals surface area contributed by atoms with Gasteiger partial charge >= 0.3 is 0 Å². The van der Waals surface area contributed by atoms with Gasteiger partial charge in [0.15, 0.2) is 0 Å². The van der Waals surface area contributed by atoms with E-state index >= 15 is 0 Å². The first-order chi connectivity index (χ1) is 7.19. The lowest BCUT2D eigenvalue weighted by molar-refractivity contribution is 0.857. The van der Waals surface area contributed by atoms with Crippen molar-refractivity contribution in [3.8, 4) is 0 Å². The van der Waals surface area contributed by atoms with Crippen LogP contribution in [0.3, 0.4) is 0 Å². The number of nitrogens with zero attached hydrogens (tertiary/aromatic N) is 2. The van der Waals surface area contributed by atoms with Gasteiger partial charge in [-0.25, -0.2) is 0 Å². The molecule has 0 spiro atoms. The summed E-state index contributed by atoms with van der Waals surface area (Å²) in [7, 11) is 1.73. The lowest BCUT2D eigenvalue weighted by Gasteiger charge is -2.05. The Bertz CT molecular complexity index is 361. The van der Waals surface area contributed by atoms with Gasteiger partial charge < -0.3 is 5.73 Å². The summed E-state index contributed by atoms with van der Waals surface area (Å²) >= 11 is 0. The molecule has 1 heterocycles. The molecule has 0 radical (unpaired) electrons. The number of hydrogen-bond donors (Lipinski definition) is 1. The minimum absolute atomic E-state index is 0.499. The second kappa shape index (κ2) is 5.29. The normalized spacial score (nSPS) is 12.7. The van der Waals surface area contributed by atoms with Crippen LogP contribution in [0.25, 0.3) is 0 Å². The zero-order chi connectivity index (χ0) is 11.3. The number of aliphatic imine (C=N–C) groups is 1. The molecule has 1 aromatic rings. The third-order valence-corrected chi connectivity index (χ3v) is 2.21. The molecule has 0 aliphatic rings. The van der Waals surface area contributed by atoms with E-state index in [0.717, 1.165) is 11.4 Å². The zero-order valence-electron chi connectivity index (χ0n) is 9.44. The van der Waals surface area contributed by atoms with Gasteiger partial charge in [-0.15, -0.1) is 0 Å². The van der Waals surface area contributed by atoms with Gasteiger partial charge in [0.2, 0.25) is 0 Å². The first-order valence-electron chi connectivity index (χ1n) is 5.00. The molecule has 3 nitrogen and oxygen atoms in total. The summed E-state index contributed by atoms with van der Waals surface area (Å²) in [6.45, 7) is 4.29. The highest BCUT2D eigenvalue weighted by Crippen LogP contribution is 2.13. The summed E-state index contributed by atoms with van der Waals surface area (Å²) < 4.78 is 0. The fourth-order valence-electron chi connectivity index (χ4n) is 1.26. The Balaban J connectivity index is 2.97. The van der Waals surface area contributed by atoms with Crippen LogP contribution in [0.15, 0.2) is 35.6 Å². The molecule has 0 atom stereocenters. The van der Waals surface area contributed by atoms with E-state index in [2.05, 4.69) is 29.9 Å². The molecule has 15 heavy (non-hydrogen) atoms. The zero-order valence-corrected chi connectivity index (χ0v) is 9.44. The van der Waals surface area contributed by atoms with Crippen molar-refractivity contribution in [1.82, 2.24) is 4.98 Å². The van der Waals surface area contributed by atoms with Crippen LogP contribution in [0.1, 0.15) is 31.0 Å². The van der Waals surface area contributed by atoms with Crippen molar-refractivity contribution < 1.29 is 0 Å². The second-order valence-corrected chi connectivity index (χ2v) is 3.60. The van der Waals surface area contributed by atoms with Crippen LogP contribution in [0, 0.1) is 0 Å². The van der Waals surface area contributed by atoms with E-state index in [1.54, 1.807) is 13.1 Å². The van der Waals surface area contributed by atoms with E-state index in [9.17, 15) is 0 Å². The molecule has 0 bridgehead atoms. The Labute approximate surface area is 90.8 Å². The van der Waals surface area contributed by atoms with Gasteiger partial charge in [0, 0.05) is 13.2 Å². The van der Waals surface area contributed by atoms with Gasteiger partial charge in [-0.05, 0) is 29.8 Å². The molecule has 0 unspecified atom stereocenters. The van der Waals surface area contributed by atoms with Crippen molar-refractivity contribution >= 4 is 5.71 Å². The average Bonchev–Trinajstić information content (AvgIpc) is 2.26. The van der Waals surface area contributed by atoms with E-state index in [4.69, 9.17) is 5.73 Å². The summed E-state index contributed by atoms with van der Waals surface area (Å²) in [6, 6.07) is 4.04. The third kappa shape index (κ3) is 2.91. The molecular weight excluding hydrogens is 186 g/mol. The maximum Gasteiger partial charge on any atom is 0.0882 e. The number of hydrogen-bond acceptors (Lipinski definition) is 3.